The van der Waals surface area contributed by atoms with E-state index in [9.17, 15) is 14.0 Å². The molecule has 1 aromatic heterocycles. The lowest BCUT2D eigenvalue weighted by molar-refractivity contribution is 0.0692. The van der Waals surface area contributed by atoms with Gasteiger partial charge in [-0.3, -0.25) is 14.6 Å². The summed E-state index contributed by atoms with van der Waals surface area (Å²) < 4.78 is 12.9. The number of aromatic nitrogens is 1. The molecule has 0 bridgehead atoms. The molecular formula is C18H18FN3O2. The zero-order valence-corrected chi connectivity index (χ0v) is 13.1. The maximum atomic E-state index is 12.9. The Morgan fingerprint density at radius 1 is 1.08 bits per heavy atom. The average Bonchev–Trinajstić information content (AvgIpc) is 2.63. The van der Waals surface area contributed by atoms with Gasteiger partial charge in [0.25, 0.3) is 11.8 Å². The number of rotatable bonds is 3. The van der Waals surface area contributed by atoms with E-state index in [4.69, 9.17) is 0 Å². The van der Waals surface area contributed by atoms with Crippen molar-refractivity contribution in [3.05, 3.63) is 65.7 Å². The molecule has 1 aliphatic heterocycles. The lowest BCUT2D eigenvalue weighted by Crippen LogP contribution is -2.46. The Hall–Kier alpha value is -2.76. The Morgan fingerprint density at radius 2 is 1.79 bits per heavy atom. The first-order valence-corrected chi connectivity index (χ1v) is 7.90. The van der Waals surface area contributed by atoms with Crippen LogP contribution in [-0.2, 0) is 0 Å². The van der Waals surface area contributed by atoms with Crippen molar-refractivity contribution in [1.29, 1.82) is 0 Å². The van der Waals surface area contributed by atoms with Crippen molar-refractivity contribution in [2.75, 3.05) is 13.1 Å². The molecule has 0 saturated carbocycles. The van der Waals surface area contributed by atoms with Gasteiger partial charge in [-0.05, 0) is 49.2 Å². The summed E-state index contributed by atoms with van der Waals surface area (Å²) >= 11 is 0. The predicted octanol–water partition coefficient (Wildman–Crippen LogP) is 2.26. The predicted molar refractivity (Wildman–Crippen MR) is 87.0 cm³/mol. The standard InChI is InChI=1S/C18H18FN3O2/c19-14-6-4-13(5-7-14)17(23)21-15-8-11-22(12-9-15)18(24)16-3-1-2-10-20-16/h1-7,10,15H,8-9,11-12H2,(H,21,23). The van der Waals surface area contributed by atoms with Gasteiger partial charge >= 0.3 is 0 Å². The van der Waals surface area contributed by atoms with Gasteiger partial charge in [0.15, 0.2) is 0 Å². The number of benzene rings is 1. The summed E-state index contributed by atoms with van der Waals surface area (Å²) in [5.41, 5.74) is 0.870. The highest BCUT2D eigenvalue weighted by atomic mass is 19.1. The molecule has 0 radical (unpaired) electrons. The van der Waals surface area contributed by atoms with Crippen LogP contribution in [0.1, 0.15) is 33.7 Å². The molecule has 2 heterocycles. The molecule has 1 aromatic carbocycles. The maximum Gasteiger partial charge on any atom is 0.272 e. The zero-order valence-electron chi connectivity index (χ0n) is 13.1. The van der Waals surface area contributed by atoms with E-state index >= 15 is 0 Å². The van der Waals surface area contributed by atoms with Crippen LogP contribution in [0.15, 0.2) is 48.7 Å². The summed E-state index contributed by atoms with van der Waals surface area (Å²) in [5, 5.41) is 2.94. The Bertz CT molecular complexity index is 711. The molecule has 1 saturated heterocycles. The van der Waals surface area contributed by atoms with Crippen molar-refractivity contribution in [2.45, 2.75) is 18.9 Å². The van der Waals surface area contributed by atoms with Crippen LogP contribution in [0.25, 0.3) is 0 Å². The summed E-state index contributed by atoms with van der Waals surface area (Å²) in [5.74, 6) is -0.670. The number of hydrogen-bond donors (Lipinski definition) is 1. The van der Waals surface area contributed by atoms with E-state index in [1.807, 2.05) is 0 Å². The van der Waals surface area contributed by atoms with Crippen LogP contribution in [-0.4, -0.2) is 40.8 Å². The molecule has 24 heavy (non-hydrogen) atoms. The maximum absolute atomic E-state index is 12.9. The molecule has 6 heteroatoms. The van der Waals surface area contributed by atoms with Crippen LogP contribution in [0.3, 0.4) is 0 Å². The van der Waals surface area contributed by atoms with E-state index in [0.29, 0.717) is 37.2 Å². The Kier molecular flexibility index (Phi) is 4.84. The smallest absolute Gasteiger partial charge is 0.272 e. The van der Waals surface area contributed by atoms with E-state index in [1.54, 1.807) is 29.3 Å². The molecule has 0 aliphatic carbocycles. The van der Waals surface area contributed by atoms with Crippen LogP contribution in [0.4, 0.5) is 4.39 Å². The number of carbonyl (C=O) groups excluding carboxylic acids is 2. The summed E-state index contributed by atoms with van der Waals surface area (Å²) in [6, 6.07) is 10.7. The van der Waals surface area contributed by atoms with Gasteiger partial charge in [0.05, 0.1) is 0 Å². The minimum atomic E-state index is -0.368. The van der Waals surface area contributed by atoms with Gasteiger partial charge < -0.3 is 10.2 Å². The fourth-order valence-corrected chi connectivity index (χ4v) is 2.75. The molecular weight excluding hydrogens is 309 g/mol. The number of likely N-dealkylation sites (tertiary alicyclic amines) is 1. The van der Waals surface area contributed by atoms with Gasteiger partial charge in [0.1, 0.15) is 11.5 Å². The summed E-state index contributed by atoms with van der Waals surface area (Å²) in [7, 11) is 0. The van der Waals surface area contributed by atoms with Gasteiger partial charge in [-0.15, -0.1) is 0 Å². The summed E-state index contributed by atoms with van der Waals surface area (Å²) in [6.07, 6.45) is 2.97. The van der Waals surface area contributed by atoms with Gasteiger partial charge in [-0.2, -0.15) is 0 Å². The quantitative estimate of drug-likeness (QED) is 0.940. The average molecular weight is 327 g/mol. The van der Waals surface area contributed by atoms with Gasteiger partial charge in [-0.25, -0.2) is 4.39 Å². The van der Waals surface area contributed by atoms with Crippen LogP contribution < -0.4 is 5.32 Å². The number of piperidine rings is 1. The van der Waals surface area contributed by atoms with E-state index < -0.39 is 0 Å². The Balaban J connectivity index is 1.53. The van der Waals surface area contributed by atoms with Crippen LogP contribution >= 0.6 is 0 Å². The van der Waals surface area contributed by atoms with Crippen molar-refractivity contribution in [3.8, 4) is 0 Å². The van der Waals surface area contributed by atoms with Gasteiger partial charge in [0.2, 0.25) is 0 Å². The number of hydrogen-bond acceptors (Lipinski definition) is 3. The SMILES string of the molecule is O=C(NC1CCN(C(=O)c2ccccn2)CC1)c1ccc(F)cc1. The Morgan fingerprint density at radius 3 is 2.42 bits per heavy atom. The third-order valence-corrected chi connectivity index (χ3v) is 4.11. The zero-order chi connectivity index (χ0) is 16.9. The van der Waals surface area contributed by atoms with E-state index in [-0.39, 0.29) is 23.7 Å². The lowest BCUT2D eigenvalue weighted by atomic mass is 10.0. The molecule has 5 nitrogen and oxygen atoms in total. The van der Waals surface area contributed by atoms with Crippen LogP contribution in [0, 0.1) is 5.82 Å². The molecule has 0 atom stereocenters. The van der Waals surface area contributed by atoms with E-state index in [0.717, 1.165) is 0 Å². The molecule has 2 aromatic rings. The molecule has 124 valence electrons. The van der Waals surface area contributed by atoms with Crippen molar-refractivity contribution in [2.24, 2.45) is 0 Å². The number of carbonyl (C=O) groups is 2. The number of halogens is 1. The molecule has 3 rings (SSSR count). The van der Waals surface area contributed by atoms with E-state index in [1.165, 1.54) is 24.3 Å². The number of nitrogens with one attached hydrogen (secondary N) is 1. The second kappa shape index (κ2) is 7.21. The second-order valence-corrected chi connectivity index (χ2v) is 5.76. The second-order valence-electron chi connectivity index (χ2n) is 5.76. The molecule has 2 amide bonds. The number of pyridine rings is 1. The van der Waals surface area contributed by atoms with Crippen molar-refractivity contribution < 1.29 is 14.0 Å². The fourth-order valence-electron chi connectivity index (χ4n) is 2.75. The number of nitrogens with zero attached hydrogens (tertiary/aromatic N) is 2. The Labute approximate surface area is 139 Å². The third kappa shape index (κ3) is 3.76. The van der Waals surface area contributed by atoms with Gasteiger partial charge in [-0.1, -0.05) is 6.07 Å². The molecule has 1 N–H and O–H groups in total. The van der Waals surface area contributed by atoms with E-state index in [2.05, 4.69) is 10.3 Å². The number of amides is 2. The van der Waals surface area contributed by atoms with Crippen LogP contribution in [0.2, 0.25) is 0 Å². The minimum Gasteiger partial charge on any atom is -0.349 e. The first-order chi connectivity index (χ1) is 11.6. The highest BCUT2D eigenvalue weighted by molar-refractivity contribution is 5.94. The van der Waals surface area contributed by atoms with Crippen molar-refractivity contribution in [3.63, 3.8) is 0 Å². The minimum absolute atomic E-state index is 0.00957. The topological polar surface area (TPSA) is 62.3 Å². The van der Waals surface area contributed by atoms with Crippen LogP contribution in [0.5, 0.6) is 0 Å². The highest BCUT2D eigenvalue weighted by Gasteiger charge is 2.25. The fraction of sp³-hybridized carbons (Fsp3) is 0.278. The van der Waals surface area contributed by atoms with Gasteiger partial charge in [0, 0.05) is 30.9 Å². The molecule has 1 fully saturated rings. The third-order valence-electron chi connectivity index (χ3n) is 4.11. The molecule has 1 aliphatic rings. The molecule has 0 unspecified atom stereocenters. The van der Waals surface area contributed by atoms with Crippen molar-refractivity contribution >= 4 is 11.8 Å². The summed E-state index contributed by atoms with van der Waals surface area (Å²) in [4.78, 5) is 30.3. The first kappa shape index (κ1) is 16.1. The van der Waals surface area contributed by atoms with Crippen molar-refractivity contribution in [1.82, 2.24) is 15.2 Å². The largest absolute Gasteiger partial charge is 0.349 e. The normalized spacial score (nSPS) is 15.1. The monoisotopic (exact) mass is 327 g/mol. The molecule has 0 spiro atoms. The summed E-state index contributed by atoms with van der Waals surface area (Å²) in [6.45, 7) is 1.15. The lowest BCUT2D eigenvalue weighted by Gasteiger charge is -2.32. The highest BCUT2D eigenvalue weighted by Crippen LogP contribution is 2.14. The first-order valence-electron chi connectivity index (χ1n) is 7.90.